The Morgan fingerprint density at radius 1 is 1.17 bits per heavy atom. The van der Waals surface area contributed by atoms with Crippen molar-refractivity contribution in [1.29, 1.82) is 0 Å². The minimum absolute atomic E-state index is 0.406. The lowest BCUT2D eigenvalue weighted by molar-refractivity contribution is 0.608. The highest BCUT2D eigenvalue weighted by Crippen LogP contribution is 2.22. The molecule has 96 valence electrons. The van der Waals surface area contributed by atoms with Gasteiger partial charge in [-0.3, -0.25) is 0 Å². The van der Waals surface area contributed by atoms with Gasteiger partial charge in [-0.15, -0.1) is 0 Å². The number of benzene rings is 1. The topological polar surface area (TPSA) is 29.9 Å². The number of anilines is 2. The van der Waals surface area contributed by atoms with Crippen LogP contribution in [-0.2, 0) is 0 Å². The molecule has 1 aromatic carbocycles. The van der Waals surface area contributed by atoms with Gasteiger partial charge in [0.05, 0.1) is 0 Å². The smallest absolute Gasteiger partial charge is 0.207 e. The summed E-state index contributed by atoms with van der Waals surface area (Å²) in [6.45, 7) is 8.71. The van der Waals surface area contributed by atoms with Gasteiger partial charge in [0.2, 0.25) is 5.95 Å². The molecule has 0 aliphatic rings. The van der Waals surface area contributed by atoms with E-state index in [2.05, 4.69) is 66.8 Å². The summed E-state index contributed by atoms with van der Waals surface area (Å²) in [6.07, 6.45) is 3.83. The highest BCUT2D eigenvalue weighted by atomic mass is 15.2. The molecule has 3 nitrogen and oxygen atoms in total. The summed E-state index contributed by atoms with van der Waals surface area (Å²) in [4.78, 5) is 4.36. The summed E-state index contributed by atoms with van der Waals surface area (Å²) in [5.41, 5.74) is 2.43. The second kappa shape index (κ2) is 5.25. The zero-order valence-corrected chi connectivity index (χ0v) is 11.5. The summed E-state index contributed by atoms with van der Waals surface area (Å²) >= 11 is 0. The maximum absolute atomic E-state index is 4.36. The average Bonchev–Trinajstić information content (AvgIpc) is 2.77. The maximum Gasteiger partial charge on any atom is 0.207 e. The lowest BCUT2D eigenvalue weighted by Gasteiger charge is -2.14. The fourth-order valence-corrected chi connectivity index (χ4v) is 1.93. The minimum Gasteiger partial charge on any atom is -0.326 e. The molecule has 18 heavy (non-hydrogen) atoms. The van der Waals surface area contributed by atoms with Gasteiger partial charge in [-0.25, -0.2) is 4.98 Å². The van der Waals surface area contributed by atoms with E-state index < -0.39 is 0 Å². The molecule has 0 spiro atoms. The van der Waals surface area contributed by atoms with Crippen LogP contribution in [0.2, 0.25) is 0 Å². The van der Waals surface area contributed by atoms with Crippen molar-refractivity contribution >= 4 is 11.6 Å². The molecule has 0 radical (unpaired) electrons. The molecule has 0 saturated carbocycles. The maximum atomic E-state index is 4.36. The molecule has 1 heterocycles. The van der Waals surface area contributed by atoms with Crippen LogP contribution in [0.1, 0.15) is 45.2 Å². The largest absolute Gasteiger partial charge is 0.326 e. The number of hydrogen-bond donors (Lipinski definition) is 1. The fraction of sp³-hybridized carbons (Fsp3) is 0.400. The first-order chi connectivity index (χ1) is 8.58. The zero-order valence-electron chi connectivity index (χ0n) is 11.5. The van der Waals surface area contributed by atoms with Crippen LogP contribution in [0.25, 0.3) is 0 Å². The number of nitrogens with one attached hydrogen (secondary N) is 1. The van der Waals surface area contributed by atoms with Crippen molar-refractivity contribution in [3.05, 3.63) is 42.2 Å². The summed E-state index contributed by atoms with van der Waals surface area (Å²) < 4.78 is 2.13. The molecule has 0 bridgehead atoms. The molecule has 2 aromatic rings. The van der Waals surface area contributed by atoms with Gasteiger partial charge < -0.3 is 9.88 Å². The molecule has 3 heteroatoms. The van der Waals surface area contributed by atoms with E-state index in [1.54, 1.807) is 0 Å². The molecule has 0 aliphatic heterocycles. The second-order valence-electron chi connectivity index (χ2n) is 5.16. The van der Waals surface area contributed by atoms with Crippen LogP contribution in [0.3, 0.4) is 0 Å². The normalized spacial score (nSPS) is 11.2. The Morgan fingerprint density at radius 2 is 1.94 bits per heavy atom. The van der Waals surface area contributed by atoms with Crippen molar-refractivity contribution in [3.8, 4) is 0 Å². The molecule has 0 unspecified atom stereocenters. The lowest BCUT2D eigenvalue weighted by Crippen LogP contribution is -2.05. The van der Waals surface area contributed by atoms with Crippen LogP contribution in [0.5, 0.6) is 0 Å². The Bertz CT molecular complexity index is 512. The molecule has 1 N–H and O–H groups in total. The average molecular weight is 243 g/mol. The van der Waals surface area contributed by atoms with Gasteiger partial charge in [0, 0.05) is 24.1 Å². The van der Waals surface area contributed by atoms with E-state index in [1.807, 2.05) is 12.4 Å². The van der Waals surface area contributed by atoms with Gasteiger partial charge in [-0.2, -0.15) is 0 Å². The van der Waals surface area contributed by atoms with Gasteiger partial charge in [0.25, 0.3) is 0 Å². The van der Waals surface area contributed by atoms with Crippen molar-refractivity contribution in [1.82, 2.24) is 9.55 Å². The van der Waals surface area contributed by atoms with Crippen LogP contribution < -0.4 is 5.32 Å². The van der Waals surface area contributed by atoms with E-state index in [9.17, 15) is 0 Å². The summed E-state index contributed by atoms with van der Waals surface area (Å²) in [5.74, 6) is 1.43. The van der Waals surface area contributed by atoms with E-state index in [0.29, 0.717) is 12.0 Å². The Kier molecular flexibility index (Phi) is 3.70. The predicted molar refractivity (Wildman–Crippen MR) is 76.4 cm³/mol. The van der Waals surface area contributed by atoms with Gasteiger partial charge in [-0.1, -0.05) is 26.0 Å². The first-order valence-electron chi connectivity index (χ1n) is 6.47. The van der Waals surface area contributed by atoms with E-state index in [0.717, 1.165) is 11.6 Å². The molecular formula is C15H21N3. The first-order valence-corrected chi connectivity index (χ1v) is 6.47. The quantitative estimate of drug-likeness (QED) is 0.866. The van der Waals surface area contributed by atoms with Crippen molar-refractivity contribution in [3.63, 3.8) is 0 Å². The number of imidazole rings is 1. The number of rotatable bonds is 4. The fourth-order valence-electron chi connectivity index (χ4n) is 1.93. The van der Waals surface area contributed by atoms with Gasteiger partial charge in [0.1, 0.15) is 0 Å². The lowest BCUT2D eigenvalue weighted by atomic mass is 10.0. The van der Waals surface area contributed by atoms with Crippen molar-refractivity contribution in [2.45, 2.75) is 39.7 Å². The Hall–Kier alpha value is -1.77. The third-order valence-electron chi connectivity index (χ3n) is 3.03. The summed E-state index contributed by atoms with van der Waals surface area (Å²) in [6, 6.07) is 8.91. The van der Waals surface area contributed by atoms with Crippen LogP contribution in [0.4, 0.5) is 11.6 Å². The third kappa shape index (κ3) is 2.73. The molecular weight excluding hydrogens is 222 g/mol. The highest BCUT2D eigenvalue weighted by Gasteiger charge is 2.06. The molecule has 0 aliphatic carbocycles. The van der Waals surface area contributed by atoms with E-state index in [4.69, 9.17) is 0 Å². The van der Waals surface area contributed by atoms with Gasteiger partial charge in [-0.05, 0) is 37.5 Å². The Balaban J connectivity index is 2.23. The van der Waals surface area contributed by atoms with Crippen molar-refractivity contribution in [2.24, 2.45) is 0 Å². The molecule has 1 aromatic heterocycles. The SMILES string of the molecule is CC(C)c1cccc(Nc2nccn2C(C)C)c1. The van der Waals surface area contributed by atoms with Crippen LogP contribution in [0, 0.1) is 0 Å². The van der Waals surface area contributed by atoms with Crippen LogP contribution >= 0.6 is 0 Å². The van der Waals surface area contributed by atoms with Crippen LogP contribution in [0.15, 0.2) is 36.7 Å². The molecule has 0 atom stereocenters. The molecule has 0 saturated heterocycles. The van der Waals surface area contributed by atoms with Gasteiger partial charge in [0.15, 0.2) is 0 Å². The summed E-state index contributed by atoms with van der Waals surface area (Å²) in [5, 5.41) is 3.38. The number of aromatic nitrogens is 2. The van der Waals surface area contributed by atoms with E-state index in [-0.39, 0.29) is 0 Å². The number of hydrogen-bond acceptors (Lipinski definition) is 2. The van der Waals surface area contributed by atoms with E-state index >= 15 is 0 Å². The zero-order chi connectivity index (χ0) is 13.1. The third-order valence-corrected chi connectivity index (χ3v) is 3.03. The Labute approximate surface area is 109 Å². The summed E-state index contributed by atoms with van der Waals surface area (Å²) in [7, 11) is 0. The highest BCUT2D eigenvalue weighted by molar-refractivity contribution is 5.55. The van der Waals surface area contributed by atoms with Crippen molar-refractivity contribution < 1.29 is 0 Å². The van der Waals surface area contributed by atoms with Crippen LogP contribution in [-0.4, -0.2) is 9.55 Å². The molecule has 0 amide bonds. The second-order valence-corrected chi connectivity index (χ2v) is 5.16. The number of nitrogens with zero attached hydrogens (tertiary/aromatic N) is 2. The predicted octanol–water partition coefficient (Wildman–Crippen LogP) is 4.33. The monoisotopic (exact) mass is 243 g/mol. The van der Waals surface area contributed by atoms with Gasteiger partial charge >= 0.3 is 0 Å². The first kappa shape index (κ1) is 12.7. The van der Waals surface area contributed by atoms with E-state index in [1.165, 1.54) is 5.56 Å². The Morgan fingerprint density at radius 3 is 2.61 bits per heavy atom. The molecule has 0 fully saturated rings. The standard InChI is InChI=1S/C15H21N3/c1-11(2)13-6-5-7-14(10-13)17-15-16-8-9-18(15)12(3)4/h5-12H,1-4H3,(H,16,17). The van der Waals surface area contributed by atoms with Crippen molar-refractivity contribution in [2.75, 3.05) is 5.32 Å². The molecule has 2 rings (SSSR count). The minimum atomic E-state index is 0.406.